The minimum absolute atomic E-state index is 0.0502. The molecule has 0 saturated heterocycles. The molecule has 0 spiro atoms. The molecule has 0 saturated carbocycles. The fourth-order valence-electron chi connectivity index (χ4n) is 1.76. The number of nitrogen functional groups attached to an aromatic ring is 1. The highest BCUT2D eigenvalue weighted by molar-refractivity contribution is 7.89. The van der Waals surface area contributed by atoms with Crippen LogP contribution in [0.5, 0.6) is 0 Å². The fraction of sp³-hybridized carbons (Fsp3) is 0.167. The van der Waals surface area contributed by atoms with Crippen molar-refractivity contribution in [2.24, 2.45) is 7.05 Å². The third kappa shape index (κ3) is 2.79. The van der Waals surface area contributed by atoms with Crippen molar-refractivity contribution in [3.05, 3.63) is 41.7 Å². The molecular weight excluding hydrogens is 278 g/mol. The van der Waals surface area contributed by atoms with Crippen molar-refractivity contribution < 1.29 is 8.42 Å². The molecule has 1 aromatic carbocycles. The van der Waals surface area contributed by atoms with Gasteiger partial charge in [-0.1, -0.05) is 12.1 Å². The number of nitriles is 1. The maximum Gasteiger partial charge on any atom is 0.260 e. The van der Waals surface area contributed by atoms with Crippen LogP contribution in [0.25, 0.3) is 0 Å². The summed E-state index contributed by atoms with van der Waals surface area (Å²) in [6, 6.07) is 8.70. The number of hydrogen-bond acceptors (Lipinski definition) is 5. The van der Waals surface area contributed by atoms with Crippen molar-refractivity contribution in [1.82, 2.24) is 14.3 Å². The van der Waals surface area contributed by atoms with E-state index in [0.717, 1.165) is 0 Å². The fourth-order valence-corrected chi connectivity index (χ4v) is 3.01. The van der Waals surface area contributed by atoms with Gasteiger partial charge in [0.05, 0.1) is 18.0 Å². The highest BCUT2D eigenvalue weighted by Gasteiger charge is 2.21. The zero-order valence-corrected chi connectivity index (χ0v) is 11.6. The first kappa shape index (κ1) is 14.0. The molecule has 104 valence electrons. The Morgan fingerprint density at radius 1 is 1.50 bits per heavy atom. The van der Waals surface area contributed by atoms with Gasteiger partial charge in [-0.15, -0.1) is 0 Å². The Bertz CT molecular complexity index is 754. The van der Waals surface area contributed by atoms with E-state index in [1.165, 1.54) is 10.9 Å². The van der Waals surface area contributed by atoms with E-state index in [-0.39, 0.29) is 17.4 Å². The number of benzene rings is 1. The molecule has 0 aliphatic heterocycles. The normalized spacial score (nSPS) is 11.2. The molecule has 0 aliphatic carbocycles. The number of aryl methyl sites for hydroxylation is 1. The van der Waals surface area contributed by atoms with Gasteiger partial charge in [-0.25, -0.2) is 18.1 Å². The lowest BCUT2D eigenvalue weighted by atomic mass is 10.1. The molecule has 3 N–H and O–H groups in total. The Kier molecular flexibility index (Phi) is 3.74. The van der Waals surface area contributed by atoms with Gasteiger partial charge < -0.3 is 10.3 Å². The first-order valence-electron chi connectivity index (χ1n) is 5.69. The van der Waals surface area contributed by atoms with Crippen LogP contribution in [-0.2, 0) is 23.6 Å². The van der Waals surface area contributed by atoms with Crippen molar-refractivity contribution in [2.75, 3.05) is 5.73 Å². The Balaban J connectivity index is 2.20. The largest absolute Gasteiger partial charge is 0.381 e. The Morgan fingerprint density at radius 3 is 2.85 bits per heavy atom. The van der Waals surface area contributed by atoms with Gasteiger partial charge in [0.25, 0.3) is 10.0 Å². The molecule has 1 heterocycles. The molecule has 0 amide bonds. The van der Waals surface area contributed by atoms with Crippen molar-refractivity contribution in [3.8, 4) is 6.07 Å². The summed E-state index contributed by atoms with van der Waals surface area (Å²) in [5.74, 6) is -0.0502. The van der Waals surface area contributed by atoms with E-state index in [1.54, 1.807) is 31.3 Å². The number of nitrogens with zero attached hydrogens (tertiary/aromatic N) is 3. The van der Waals surface area contributed by atoms with Gasteiger partial charge >= 0.3 is 0 Å². The summed E-state index contributed by atoms with van der Waals surface area (Å²) in [6.45, 7) is 0.0719. The Morgan fingerprint density at radius 2 is 2.25 bits per heavy atom. The molecule has 0 fully saturated rings. The minimum atomic E-state index is -3.75. The molecule has 0 radical (unpaired) electrons. The van der Waals surface area contributed by atoms with Crippen molar-refractivity contribution >= 4 is 15.8 Å². The standard InChI is InChI=1S/C12H13N5O2S/c1-17-8-15-11(14)12(17)20(18,19)16-7-10-4-2-3-9(5-10)6-13/h2-5,8,16H,7,14H2,1H3. The van der Waals surface area contributed by atoms with Gasteiger partial charge in [-0.2, -0.15) is 5.26 Å². The predicted molar refractivity (Wildman–Crippen MR) is 72.8 cm³/mol. The first-order valence-corrected chi connectivity index (χ1v) is 7.18. The summed E-state index contributed by atoms with van der Waals surface area (Å²) in [4.78, 5) is 3.74. The summed E-state index contributed by atoms with van der Waals surface area (Å²) < 4.78 is 28.1. The zero-order valence-electron chi connectivity index (χ0n) is 10.7. The summed E-state index contributed by atoms with van der Waals surface area (Å²) in [6.07, 6.45) is 1.33. The van der Waals surface area contributed by atoms with E-state index in [1.807, 2.05) is 6.07 Å². The molecule has 0 atom stereocenters. The number of hydrogen-bond donors (Lipinski definition) is 2. The van der Waals surface area contributed by atoms with Gasteiger partial charge in [0.15, 0.2) is 10.8 Å². The van der Waals surface area contributed by atoms with Gasteiger partial charge in [-0.3, -0.25) is 0 Å². The highest BCUT2D eigenvalue weighted by Crippen LogP contribution is 2.15. The number of aromatic nitrogens is 2. The molecule has 8 heteroatoms. The highest BCUT2D eigenvalue weighted by atomic mass is 32.2. The second-order valence-corrected chi connectivity index (χ2v) is 5.86. The van der Waals surface area contributed by atoms with Crippen molar-refractivity contribution in [3.63, 3.8) is 0 Å². The maximum absolute atomic E-state index is 12.1. The number of nitrogens with one attached hydrogen (secondary N) is 1. The van der Waals surface area contributed by atoms with Crippen molar-refractivity contribution in [2.45, 2.75) is 11.6 Å². The van der Waals surface area contributed by atoms with E-state index < -0.39 is 10.0 Å². The lowest BCUT2D eigenvalue weighted by Gasteiger charge is -2.08. The molecule has 20 heavy (non-hydrogen) atoms. The molecule has 0 aliphatic rings. The summed E-state index contributed by atoms with van der Waals surface area (Å²) >= 11 is 0. The predicted octanol–water partition coefficient (Wildman–Crippen LogP) is 0.352. The van der Waals surface area contributed by atoms with Crippen LogP contribution in [0.3, 0.4) is 0 Å². The second-order valence-electron chi connectivity index (χ2n) is 4.18. The summed E-state index contributed by atoms with van der Waals surface area (Å²) in [7, 11) is -2.20. The molecule has 1 aromatic heterocycles. The van der Waals surface area contributed by atoms with Gasteiger partial charge in [0.1, 0.15) is 0 Å². The lowest BCUT2D eigenvalue weighted by Crippen LogP contribution is -2.26. The number of rotatable bonds is 4. The van der Waals surface area contributed by atoms with Crippen LogP contribution in [-0.4, -0.2) is 18.0 Å². The van der Waals surface area contributed by atoms with Crippen LogP contribution in [0, 0.1) is 11.3 Å². The SMILES string of the molecule is Cn1cnc(N)c1S(=O)(=O)NCc1cccc(C#N)c1. The van der Waals surface area contributed by atoms with E-state index in [9.17, 15) is 8.42 Å². The molecular formula is C12H13N5O2S. The van der Waals surface area contributed by atoms with Gasteiger partial charge in [0, 0.05) is 13.6 Å². The van der Waals surface area contributed by atoms with Crippen molar-refractivity contribution in [1.29, 1.82) is 5.26 Å². The van der Waals surface area contributed by atoms with Gasteiger partial charge in [-0.05, 0) is 17.7 Å². The van der Waals surface area contributed by atoms with Crippen LogP contribution in [0.4, 0.5) is 5.82 Å². The Hall–Kier alpha value is -2.37. The smallest absolute Gasteiger partial charge is 0.260 e. The molecule has 2 aromatic rings. The molecule has 2 rings (SSSR count). The number of imidazole rings is 1. The summed E-state index contributed by atoms with van der Waals surface area (Å²) in [5, 5.41) is 8.72. The average molecular weight is 291 g/mol. The van der Waals surface area contributed by atoms with Crippen LogP contribution in [0.1, 0.15) is 11.1 Å². The minimum Gasteiger partial charge on any atom is -0.381 e. The molecule has 7 nitrogen and oxygen atoms in total. The third-order valence-corrected chi connectivity index (χ3v) is 4.22. The zero-order chi connectivity index (χ0) is 14.8. The van der Waals surface area contributed by atoms with E-state index >= 15 is 0 Å². The summed E-state index contributed by atoms with van der Waals surface area (Å²) in [5.41, 5.74) is 6.71. The Labute approximate surface area is 116 Å². The third-order valence-electron chi connectivity index (χ3n) is 2.69. The number of anilines is 1. The molecule has 0 unspecified atom stereocenters. The number of sulfonamides is 1. The van der Waals surface area contributed by atoms with Crippen LogP contribution < -0.4 is 10.5 Å². The number of nitrogens with two attached hydrogens (primary N) is 1. The maximum atomic E-state index is 12.1. The topological polar surface area (TPSA) is 114 Å². The average Bonchev–Trinajstić information content (AvgIpc) is 2.77. The second kappa shape index (κ2) is 5.32. The van der Waals surface area contributed by atoms with E-state index in [0.29, 0.717) is 11.1 Å². The monoisotopic (exact) mass is 291 g/mol. The van der Waals surface area contributed by atoms with E-state index in [4.69, 9.17) is 11.0 Å². The van der Waals surface area contributed by atoms with E-state index in [2.05, 4.69) is 9.71 Å². The van der Waals surface area contributed by atoms with Crippen LogP contribution >= 0.6 is 0 Å². The van der Waals surface area contributed by atoms with Crippen LogP contribution in [0.2, 0.25) is 0 Å². The first-order chi connectivity index (χ1) is 9.44. The molecule has 0 bridgehead atoms. The lowest BCUT2D eigenvalue weighted by molar-refractivity contribution is 0.571. The van der Waals surface area contributed by atoms with Crippen LogP contribution in [0.15, 0.2) is 35.6 Å². The quantitative estimate of drug-likeness (QED) is 0.843. The van der Waals surface area contributed by atoms with Gasteiger partial charge in [0.2, 0.25) is 0 Å².